The highest BCUT2D eigenvalue weighted by Crippen LogP contribution is 2.57. The van der Waals surface area contributed by atoms with Crippen LogP contribution in [-0.2, 0) is 10.3 Å². The molecule has 0 fully saturated rings. The number of carbonyl (C=O) groups is 1. The molecule has 1 atom stereocenters. The molecule has 6 rings (SSSR count). The van der Waals surface area contributed by atoms with Gasteiger partial charge in [0, 0.05) is 41.5 Å². The lowest BCUT2D eigenvalue weighted by Crippen LogP contribution is -2.33. The van der Waals surface area contributed by atoms with E-state index in [4.69, 9.17) is 9.47 Å². The van der Waals surface area contributed by atoms with Crippen LogP contribution in [0, 0.1) is 0 Å². The maximum absolute atomic E-state index is 13.3. The van der Waals surface area contributed by atoms with Crippen LogP contribution in [0.3, 0.4) is 0 Å². The molecule has 2 aliphatic heterocycles. The lowest BCUT2D eigenvalue weighted by atomic mass is 9.77. The van der Waals surface area contributed by atoms with Gasteiger partial charge in [-0.05, 0) is 54.3 Å². The Morgan fingerprint density at radius 2 is 1.42 bits per heavy atom. The van der Waals surface area contributed by atoms with Gasteiger partial charge in [-0.3, -0.25) is 0 Å². The second-order valence-electron chi connectivity index (χ2n) is 10.2. The molecule has 0 aromatic heterocycles. The molecule has 2 heterocycles. The quantitative estimate of drug-likeness (QED) is 0.227. The average molecular weight is 504 g/mol. The standard InChI is InChI=1S/C34H33NO3/c1-3-5-20-35(21-6-4-2)26-17-18-29-32(23-26)37-31-19-16-25(24-12-8-7-9-13-24)22-30(31)34(29)28-15-11-10-14-27(28)33(36)38-34/h7-19,22-23H,3-6,20-21H2,1-2H3. The molecule has 0 amide bonds. The van der Waals surface area contributed by atoms with Crippen LogP contribution in [0.15, 0.2) is 91.0 Å². The van der Waals surface area contributed by atoms with E-state index in [1.807, 2.05) is 48.5 Å². The largest absolute Gasteiger partial charge is 0.456 e. The fraction of sp³-hybridized carbons (Fsp3) is 0.265. The maximum Gasteiger partial charge on any atom is 0.340 e. The highest BCUT2D eigenvalue weighted by molar-refractivity contribution is 5.97. The van der Waals surface area contributed by atoms with Crippen molar-refractivity contribution in [2.24, 2.45) is 0 Å². The van der Waals surface area contributed by atoms with E-state index in [1.54, 1.807) is 0 Å². The number of rotatable bonds is 8. The predicted octanol–water partition coefficient (Wildman–Crippen LogP) is 8.33. The molecule has 4 heteroatoms. The first-order valence-corrected chi connectivity index (χ1v) is 13.8. The molecule has 4 nitrogen and oxygen atoms in total. The van der Waals surface area contributed by atoms with Gasteiger partial charge in [-0.15, -0.1) is 0 Å². The minimum absolute atomic E-state index is 0.305. The number of hydrogen-bond donors (Lipinski definition) is 0. The predicted molar refractivity (Wildman–Crippen MR) is 152 cm³/mol. The van der Waals surface area contributed by atoms with E-state index in [0.29, 0.717) is 11.3 Å². The molecule has 1 spiro atoms. The summed E-state index contributed by atoms with van der Waals surface area (Å²) in [5.74, 6) is 1.15. The van der Waals surface area contributed by atoms with Gasteiger partial charge in [-0.25, -0.2) is 4.79 Å². The normalized spacial score (nSPS) is 16.8. The molecule has 0 N–H and O–H groups in total. The van der Waals surface area contributed by atoms with E-state index < -0.39 is 5.60 Å². The minimum atomic E-state index is -1.06. The number of hydrogen-bond acceptors (Lipinski definition) is 4. The zero-order valence-electron chi connectivity index (χ0n) is 22.1. The molecule has 2 aliphatic rings. The Bertz CT molecular complexity index is 1470. The first kappa shape index (κ1) is 24.3. The van der Waals surface area contributed by atoms with Crippen molar-refractivity contribution in [3.8, 4) is 22.6 Å². The van der Waals surface area contributed by atoms with E-state index in [9.17, 15) is 4.79 Å². The fourth-order valence-electron chi connectivity index (χ4n) is 5.74. The Morgan fingerprint density at radius 3 is 2.18 bits per heavy atom. The van der Waals surface area contributed by atoms with Gasteiger partial charge in [0.25, 0.3) is 0 Å². The van der Waals surface area contributed by atoms with Crippen molar-refractivity contribution in [3.63, 3.8) is 0 Å². The first-order chi connectivity index (χ1) is 18.7. The van der Waals surface area contributed by atoms with Gasteiger partial charge in [-0.2, -0.15) is 0 Å². The molecule has 1 unspecified atom stereocenters. The zero-order chi connectivity index (χ0) is 26.1. The Morgan fingerprint density at radius 1 is 0.684 bits per heavy atom. The monoisotopic (exact) mass is 503 g/mol. The summed E-state index contributed by atoms with van der Waals surface area (Å²) < 4.78 is 13.0. The molecular weight excluding hydrogens is 470 g/mol. The number of carbonyl (C=O) groups excluding carboxylic acids is 1. The molecule has 0 bridgehead atoms. The summed E-state index contributed by atoms with van der Waals surface area (Å²) in [5.41, 5.74) is 5.43. The van der Waals surface area contributed by atoms with E-state index in [-0.39, 0.29) is 5.97 Å². The van der Waals surface area contributed by atoms with Crippen LogP contribution in [0.4, 0.5) is 5.69 Å². The van der Waals surface area contributed by atoms with Gasteiger partial charge in [0.05, 0.1) is 5.56 Å². The maximum atomic E-state index is 13.3. The van der Waals surface area contributed by atoms with Crippen molar-refractivity contribution < 1.29 is 14.3 Å². The molecule has 38 heavy (non-hydrogen) atoms. The number of fused-ring (bicyclic) bond motifs is 6. The van der Waals surface area contributed by atoms with Gasteiger partial charge in [0.2, 0.25) is 0 Å². The second-order valence-corrected chi connectivity index (χ2v) is 10.2. The van der Waals surface area contributed by atoms with E-state index >= 15 is 0 Å². The summed E-state index contributed by atoms with van der Waals surface area (Å²) in [6, 6.07) is 30.6. The third kappa shape index (κ3) is 3.96. The van der Waals surface area contributed by atoms with E-state index in [0.717, 1.165) is 78.0 Å². The third-order valence-corrected chi connectivity index (χ3v) is 7.73. The van der Waals surface area contributed by atoms with Crippen molar-refractivity contribution in [3.05, 3.63) is 113 Å². The van der Waals surface area contributed by atoms with Crippen LogP contribution in [0.1, 0.15) is 66.6 Å². The minimum Gasteiger partial charge on any atom is -0.456 e. The van der Waals surface area contributed by atoms with Gasteiger partial charge in [0.1, 0.15) is 11.5 Å². The summed E-state index contributed by atoms with van der Waals surface area (Å²) in [7, 11) is 0. The molecule has 0 saturated carbocycles. The molecule has 4 aromatic carbocycles. The highest BCUT2D eigenvalue weighted by Gasteiger charge is 2.53. The van der Waals surface area contributed by atoms with Gasteiger partial charge in [0.15, 0.2) is 5.60 Å². The van der Waals surface area contributed by atoms with Crippen LogP contribution < -0.4 is 9.64 Å². The van der Waals surface area contributed by atoms with Crippen LogP contribution >= 0.6 is 0 Å². The van der Waals surface area contributed by atoms with Crippen molar-refractivity contribution in [1.82, 2.24) is 0 Å². The van der Waals surface area contributed by atoms with Crippen molar-refractivity contribution in [2.45, 2.75) is 45.1 Å². The summed E-state index contributed by atoms with van der Waals surface area (Å²) in [4.78, 5) is 15.7. The summed E-state index contributed by atoms with van der Waals surface area (Å²) in [6.07, 6.45) is 4.58. The molecule has 0 aliphatic carbocycles. The third-order valence-electron chi connectivity index (χ3n) is 7.73. The Balaban J connectivity index is 1.53. The first-order valence-electron chi connectivity index (χ1n) is 13.8. The lowest BCUT2D eigenvalue weighted by Gasteiger charge is -2.37. The van der Waals surface area contributed by atoms with Gasteiger partial charge in [-0.1, -0.05) is 81.3 Å². The van der Waals surface area contributed by atoms with E-state index in [2.05, 4.69) is 61.2 Å². The molecular formula is C34H33NO3. The SMILES string of the molecule is CCCCN(CCCC)c1ccc2c(c1)Oc1ccc(-c3ccccc3)cc1C21OC(=O)c2ccccc21. The number of esters is 1. The highest BCUT2D eigenvalue weighted by atomic mass is 16.6. The average Bonchev–Trinajstić information content (AvgIpc) is 3.26. The summed E-state index contributed by atoms with van der Waals surface area (Å²) in [5, 5.41) is 0. The Kier molecular flexibility index (Phi) is 6.40. The number of unbranched alkanes of at least 4 members (excludes halogenated alkanes) is 2. The number of benzene rings is 4. The molecule has 0 saturated heterocycles. The van der Waals surface area contributed by atoms with Gasteiger partial charge >= 0.3 is 5.97 Å². The van der Waals surface area contributed by atoms with Crippen LogP contribution in [0.5, 0.6) is 11.5 Å². The molecule has 192 valence electrons. The van der Waals surface area contributed by atoms with Crippen molar-refractivity contribution in [1.29, 1.82) is 0 Å². The Labute approximate surface area is 224 Å². The van der Waals surface area contributed by atoms with Crippen molar-refractivity contribution in [2.75, 3.05) is 18.0 Å². The van der Waals surface area contributed by atoms with Crippen molar-refractivity contribution >= 4 is 11.7 Å². The second kappa shape index (κ2) is 10.0. The molecule has 4 aromatic rings. The van der Waals surface area contributed by atoms with Crippen LogP contribution in [0.2, 0.25) is 0 Å². The van der Waals surface area contributed by atoms with E-state index in [1.165, 1.54) is 0 Å². The summed E-state index contributed by atoms with van der Waals surface area (Å²) in [6.45, 7) is 6.47. The Hall–Kier alpha value is -4.05. The van der Waals surface area contributed by atoms with Crippen LogP contribution in [-0.4, -0.2) is 19.1 Å². The zero-order valence-corrected chi connectivity index (χ0v) is 22.1. The topological polar surface area (TPSA) is 38.8 Å². The van der Waals surface area contributed by atoms with Gasteiger partial charge < -0.3 is 14.4 Å². The number of nitrogens with zero attached hydrogens (tertiary/aromatic N) is 1. The molecule has 0 radical (unpaired) electrons. The van der Waals surface area contributed by atoms with Crippen LogP contribution in [0.25, 0.3) is 11.1 Å². The number of anilines is 1. The lowest BCUT2D eigenvalue weighted by molar-refractivity contribution is 0.0224. The fourth-order valence-corrected chi connectivity index (χ4v) is 5.74. The number of ether oxygens (including phenoxy) is 2. The smallest absolute Gasteiger partial charge is 0.340 e. The summed E-state index contributed by atoms with van der Waals surface area (Å²) >= 11 is 0.